The zero-order valence-electron chi connectivity index (χ0n) is 20.4. The fourth-order valence-electron chi connectivity index (χ4n) is 3.58. The quantitative estimate of drug-likeness (QED) is 0.349. The molecule has 0 saturated carbocycles. The summed E-state index contributed by atoms with van der Waals surface area (Å²) < 4.78 is 46.9. The van der Waals surface area contributed by atoms with E-state index in [1.165, 1.54) is 35.7 Å². The van der Waals surface area contributed by atoms with Crippen LogP contribution < -0.4 is 4.74 Å². The van der Waals surface area contributed by atoms with Crippen molar-refractivity contribution in [3.63, 3.8) is 0 Å². The minimum atomic E-state index is -3.93. The molecule has 2 aromatic carbocycles. The summed E-state index contributed by atoms with van der Waals surface area (Å²) in [6.07, 6.45) is 0.546. The molecular weight excluding hydrogens is 487 g/mol. The second kappa shape index (κ2) is 11.8. The molecule has 1 atom stereocenters. The Kier molecular flexibility index (Phi) is 9.04. The maximum atomic E-state index is 13.6. The van der Waals surface area contributed by atoms with Gasteiger partial charge in [0.1, 0.15) is 11.6 Å². The summed E-state index contributed by atoms with van der Waals surface area (Å²) in [5.41, 5.74) is 1.83. The lowest BCUT2D eigenvalue weighted by Gasteiger charge is -2.30. The van der Waals surface area contributed by atoms with Crippen molar-refractivity contribution in [2.24, 2.45) is 0 Å². The SMILES string of the molecule is CCC(C)N(CC(=O)N(Cc1ccc(F)cc1)Cc1sccc1C)S(=O)(=O)c1ccc(OC)cc1. The van der Waals surface area contributed by atoms with Gasteiger partial charge in [-0.1, -0.05) is 19.1 Å². The van der Waals surface area contributed by atoms with E-state index in [1.807, 2.05) is 25.3 Å². The van der Waals surface area contributed by atoms with Gasteiger partial charge in [-0.15, -0.1) is 11.3 Å². The molecular formula is C26H31FN2O4S2. The lowest BCUT2D eigenvalue weighted by atomic mass is 10.2. The lowest BCUT2D eigenvalue weighted by molar-refractivity contribution is -0.133. The number of nitrogens with zero attached hydrogens (tertiary/aromatic N) is 2. The molecule has 1 aromatic heterocycles. The Bertz CT molecular complexity index is 1220. The van der Waals surface area contributed by atoms with Crippen LogP contribution in [-0.2, 0) is 27.9 Å². The predicted molar refractivity (Wildman–Crippen MR) is 136 cm³/mol. The summed E-state index contributed by atoms with van der Waals surface area (Å²) in [4.78, 5) is 16.3. The molecule has 0 bridgehead atoms. The van der Waals surface area contributed by atoms with Crippen molar-refractivity contribution >= 4 is 27.3 Å². The first-order valence-corrected chi connectivity index (χ1v) is 13.7. The highest BCUT2D eigenvalue weighted by molar-refractivity contribution is 7.89. The van der Waals surface area contributed by atoms with Crippen LogP contribution in [-0.4, -0.2) is 43.2 Å². The monoisotopic (exact) mass is 518 g/mol. The molecule has 0 aliphatic carbocycles. The van der Waals surface area contributed by atoms with Gasteiger partial charge in [-0.3, -0.25) is 4.79 Å². The molecule has 188 valence electrons. The molecule has 3 aromatic rings. The number of hydrogen-bond acceptors (Lipinski definition) is 5. The topological polar surface area (TPSA) is 66.9 Å². The lowest BCUT2D eigenvalue weighted by Crippen LogP contribution is -2.46. The summed E-state index contributed by atoms with van der Waals surface area (Å²) in [5, 5.41) is 1.96. The number of hydrogen-bond donors (Lipinski definition) is 0. The van der Waals surface area contributed by atoms with Crippen LogP contribution >= 0.6 is 11.3 Å². The molecule has 0 saturated heterocycles. The first kappa shape index (κ1) is 26.8. The molecule has 35 heavy (non-hydrogen) atoms. The fourth-order valence-corrected chi connectivity index (χ4v) is 6.15. The zero-order chi connectivity index (χ0) is 25.6. The van der Waals surface area contributed by atoms with Gasteiger partial charge >= 0.3 is 0 Å². The minimum absolute atomic E-state index is 0.102. The predicted octanol–water partition coefficient (Wildman–Crippen LogP) is 5.22. The van der Waals surface area contributed by atoms with Crippen molar-refractivity contribution < 1.29 is 22.3 Å². The van der Waals surface area contributed by atoms with Crippen LogP contribution in [0.15, 0.2) is 64.9 Å². The number of rotatable bonds is 11. The minimum Gasteiger partial charge on any atom is -0.497 e. The van der Waals surface area contributed by atoms with Crippen molar-refractivity contribution in [2.45, 2.75) is 51.2 Å². The molecule has 1 unspecified atom stereocenters. The number of sulfonamides is 1. The Morgan fingerprint density at radius 3 is 2.26 bits per heavy atom. The second-order valence-corrected chi connectivity index (χ2v) is 11.3. The van der Waals surface area contributed by atoms with E-state index in [-0.39, 0.29) is 35.8 Å². The number of amides is 1. The summed E-state index contributed by atoms with van der Waals surface area (Å²) in [6.45, 7) is 5.95. The van der Waals surface area contributed by atoms with Crippen molar-refractivity contribution in [2.75, 3.05) is 13.7 Å². The smallest absolute Gasteiger partial charge is 0.243 e. The van der Waals surface area contributed by atoms with Gasteiger partial charge in [0.2, 0.25) is 15.9 Å². The third kappa shape index (κ3) is 6.68. The number of aryl methyl sites for hydroxylation is 1. The van der Waals surface area contributed by atoms with Crippen molar-refractivity contribution in [3.8, 4) is 5.75 Å². The molecule has 3 rings (SSSR count). The van der Waals surface area contributed by atoms with Crippen molar-refractivity contribution in [1.82, 2.24) is 9.21 Å². The van der Waals surface area contributed by atoms with Crippen molar-refractivity contribution in [3.05, 3.63) is 81.8 Å². The first-order chi connectivity index (χ1) is 16.6. The van der Waals surface area contributed by atoms with Crippen molar-refractivity contribution in [1.29, 1.82) is 0 Å². The van der Waals surface area contributed by atoms with Gasteiger partial charge in [-0.05, 0) is 79.2 Å². The zero-order valence-corrected chi connectivity index (χ0v) is 22.0. The van der Waals surface area contributed by atoms with E-state index in [9.17, 15) is 17.6 Å². The summed E-state index contributed by atoms with van der Waals surface area (Å²) in [7, 11) is -2.42. The summed E-state index contributed by atoms with van der Waals surface area (Å²) in [5.74, 6) is -0.124. The van der Waals surface area contributed by atoms with Gasteiger partial charge in [0.05, 0.1) is 25.1 Å². The highest BCUT2D eigenvalue weighted by Gasteiger charge is 2.32. The maximum absolute atomic E-state index is 13.6. The largest absolute Gasteiger partial charge is 0.497 e. The molecule has 0 aliphatic heterocycles. The van der Waals surface area contributed by atoms with Gasteiger partial charge in [-0.2, -0.15) is 4.31 Å². The third-order valence-corrected chi connectivity index (χ3v) is 8.96. The van der Waals surface area contributed by atoms with Gasteiger partial charge in [0, 0.05) is 17.5 Å². The highest BCUT2D eigenvalue weighted by Crippen LogP contribution is 2.24. The summed E-state index contributed by atoms with van der Waals surface area (Å²) in [6, 6.07) is 13.7. The maximum Gasteiger partial charge on any atom is 0.243 e. The molecule has 9 heteroatoms. The number of benzene rings is 2. The number of carbonyl (C=O) groups excluding carboxylic acids is 1. The molecule has 1 amide bonds. The van der Waals surface area contributed by atoms with Crippen LogP contribution in [0.2, 0.25) is 0 Å². The van der Waals surface area contributed by atoms with E-state index >= 15 is 0 Å². The average molecular weight is 519 g/mol. The standard InChI is InChI=1S/C26H31FN2O4S2/c1-5-20(3)29(35(31,32)24-12-10-23(33-4)11-13-24)18-26(30)28(17-25-19(2)14-15-34-25)16-21-6-8-22(27)9-7-21/h6-15,20H,5,16-18H2,1-4H3. The Morgan fingerprint density at radius 2 is 1.71 bits per heavy atom. The van der Waals surface area contributed by atoms with Gasteiger partial charge < -0.3 is 9.64 Å². The Hall–Kier alpha value is -2.75. The van der Waals surface area contributed by atoms with E-state index in [2.05, 4.69) is 0 Å². The van der Waals surface area contributed by atoms with Crippen LogP contribution in [0.1, 0.15) is 36.3 Å². The summed E-state index contributed by atoms with van der Waals surface area (Å²) >= 11 is 1.55. The van der Waals surface area contributed by atoms with Gasteiger partial charge in [0.25, 0.3) is 0 Å². The average Bonchev–Trinajstić information content (AvgIpc) is 3.26. The van der Waals surface area contributed by atoms with Crippen LogP contribution in [0.4, 0.5) is 4.39 Å². The molecule has 0 spiro atoms. The van der Waals surface area contributed by atoms with E-state index in [1.54, 1.807) is 47.4 Å². The second-order valence-electron chi connectivity index (χ2n) is 8.39. The van der Waals surface area contributed by atoms with E-state index in [4.69, 9.17) is 4.74 Å². The Morgan fingerprint density at radius 1 is 1.06 bits per heavy atom. The molecule has 1 heterocycles. The molecule has 0 fully saturated rings. The number of ether oxygens (including phenoxy) is 1. The fraction of sp³-hybridized carbons (Fsp3) is 0.346. The van der Waals surface area contributed by atoms with Crippen LogP contribution in [0.5, 0.6) is 5.75 Å². The van der Waals surface area contributed by atoms with E-state index in [0.29, 0.717) is 18.7 Å². The Balaban J connectivity index is 1.90. The van der Waals surface area contributed by atoms with Gasteiger partial charge in [-0.25, -0.2) is 12.8 Å². The highest BCUT2D eigenvalue weighted by atomic mass is 32.2. The number of methoxy groups -OCH3 is 1. The Labute approximate surface area is 211 Å². The number of halogens is 1. The first-order valence-electron chi connectivity index (χ1n) is 11.4. The number of carbonyl (C=O) groups is 1. The molecule has 0 N–H and O–H groups in total. The van der Waals surface area contributed by atoms with Crippen LogP contribution in [0.3, 0.4) is 0 Å². The van der Waals surface area contributed by atoms with E-state index < -0.39 is 10.0 Å². The normalized spacial score (nSPS) is 12.5. The van der Waals surface area contributed by atoms with Crippen LogP contribution in [0.25, 0.3) is 0 Å². The van der Waals surface area contributed by atoms with Crippen LogP contribution in [0, 0.1) is 12.7 Å². The number of thiophene rings is 1. The molecule has 0 radical (unpaired) electrons. The van der Waals surface area contributed by atoms with E-state index in [0.717, 1.165) is 16.0 Å². The van der Waals surface area contributed by atoms with Gasteiger partial charge in [0.15, 0.2) is 0 Å². The molecule has 0 aliphatic rings. The molecule has 6 nitrogen and oxygen atoms in total. The third-order valence-electron chi connectivity index (χ3n) is 5.98.